The first-order chi connectivity index (χ1) is 16.5. The summed E-state index contributed by atoms with van der Waals surface area (Å²) in [6.45, 7) is 0.358. The maximum atomic E-state index is 13.1. The van der Waals surface area contributed by atoms with E-state index in [4.69, 9.17) is 9.84 Å². The summed E-state index contributed by atoms with van der Waals surface area (Å²) in [6.07, 6.45) is -6.11. The fourth-order valence-corrected chi connectivity index (χ4v) is 4.37. The Labute approximate surface area is 200 Å². The van der Waals surface area contributed by atoms with Gasteiger partial charge in [-0.3, -0.25) is 10.1 Å². The van der Waals surface area contributed by atoms with Crippen LogP contribution in [0.5, 0.6) is 0 Å². The first-order valence-corrected chi connectivity index (χ1v) is 11.1. The van der Waals surface area contributed by atoms with Gasteiger partial charge in [-0.15, -0.1) is 11.3 Å². The number of carbonyl (C=O) groups is 3. The van der Waals surface area contributed by atoms with Crippen LogP contribution >= 0.6 is 11.3 Å². The smallest absolute Gasteiger partial charge is 0.422 e. The fourth-order valence-electron chi connectivity index (χ4n) is 3.69. The molecule has 35 heavy (non-hydrogen) atoms. The molecule has 4 rings (SSSR count). The molecule has 0 saturated carbocycles. The number of fused-ring (bicyclic) bond motifs is 3. The Balaban J connectivity index is 1.40. The van der Waals surface area contributed by atoms with Crippen molar-refractivity contribution >= 4 is 34.4 Å². The Kier molecular flexibility index (Phi) is 6.24. The highest BCUT2D eigenvalue weighted by Gasteiger charge is 2.58. The zero-order valence-corrected chi connectivity index (χ0v) is 18.9. The van der Waals surface area contributed by atoms with Crippen LogP contribution in [-0.4, -0.2) is 46.4 Å². The third kappa shape index (κ3) is 4.56. The molecule has 12 heteroatoms. The van der Waals surface area contributed by atoms with Gasteiger partial charge in [0.25, 0.3) is 5.91 Å². The van der Waals surface area contributed by atoms with E-state index in [1.807, 2.05) is 48.5 Å². The number of aromatic nitrogens is 1. The number of carbonyl (C=O) groups excluding carboxylic acids is 2. The molecule has 0 bridgehead atoms. The minimum atomic E-state index is -5.24. The second-order valence-electron chi connectivity index (χ2n) is 7.87. The summed E-state index contributed by atoms with van der Waals surface area (Å²) in [4.78, 5) is 39.4. The molecule has 1 unspecified atom stereocenters. The third-order valence-corrected chi connectivity index (χ3v) is 6.41. The molecule has 0 saturated heterocycles. The van der Waals surface area contributed by atoms with Crippen LogP contribution in [0.1, 0.15) is 34.5 Å². The Morgan fingerprint density at radius 2 is 1.63 bits per heavy atom. The number of nitrogens with one attached hydrogen (secondary N) is 2. The molecular weight excluding hydrogens is 487 g/mol. The second-order valence-corrected chi connectivity index (χ2v) is 8.73. The Morgan fingerprint density at radius 3 is 2.17 bits per heavy atom. The van der Waals surface area contributed by atoms with Gasteiger partial charge in [-0.25, -0.2) is 14.6 Å². The van der Waals surface area contributed by atoms with Crippen LogP contribution in [0, 0.1) is 0 Å². The molecule has 182 valence electrons. The molecule has 8 nitrogen and oxygen atoms in total. The predicted octanol–water partition coefficient (Wildman–Crippen LogP) is 4.64. The number of aliphatic carboxylic acids is 1. The van der Waals surface area contributed by atoms with Gasteiger partial charge in [0.05, 0.1) is 0 Å². The third-order valence-electron chi connectivity index (χ3n) is 5.65. The van der Waals surface area contributed by atoms with Gasteiger partial charge in [0.1, 0.15) is 12.3 Å². The van der Waals surface area contributed by atoms with Gasteiger partial charge >= 0.3 is 18.2 Å². The lowest BCUT2D eigenvalue weighted by atomic mass is 9.98. The Morgan fingerprint density at radius 1 is 1.06 bits per heavy atom. The number of carboxylic acid groups (broad SMARTS) is 1. The summed E-state index contributed by atoms with van der Waals surface area (Å²) in [5, 5.41) is 13.7. The van der Waals surface area contributed by atoms with Crippen molar-refractivity contribution in [2.45, 2.75) is 24.6 Å². The Bertz CT molecular complexity index is 1260. The van der Waals surface area contributed by atoms with Crippen molar-refractivity contribution < 1.29 is 37.4 Å². The molecule has 2 amide bonds. The van der Waals surface area contributed by atoms with E-state index in [0.717, 1.165) is 39.0 Å². The number of alkyl halides is 3. The molecule has 1 aliphatic carbocycles. The van der Waals surface area contributed by atoms with Crippen molar-refractivity contribution in [2.75, 3.05) is 11.9 Å². The lowest BCUT2D eigenvalue weighted by Gasteiger charge is -2.28. The van der Waals surface area contributed by atoms with E-state index >= 15 is 0 Å². The zero-order valence-electron chi connectivity index (χ0n) is 18.1. The van der Waals surface area contributed by atoms with Crippen molar-refractivity contribution in [3.05, 3.63) is 70.7 Å². The lowest BCUT2D eigenvalue weighted by molar-refractivity contribution is -0.203. The van der Waals surface area contributed by atoms with E-state index in [1.165, 1.54) is 5.32 Å². The maximum absolute atomic E-state index is 13.1. The SMILES string of the molecule is CC(NC(=O)c1csc(NC(=O)OCC2c3ccccc3-c3ccccc32)n1)(C(=O)O)C(F)(F)F. The van der Waals surface area contributed by atoms with E-state index in [0.29, 0.717) is 6.92 Å². The first-order valence-electron chi connectivity index (χ1n) is 10.2. The van der Waals surface area contributed by atoms with Gasteiger partial charge in [-0.05, 0) is 29.2 Å². The number of amides is 2. The number of ether oxygens (including phenoxy) is 1. The van der Waals surface area contributed by atoms with E-state index in [-0.39, 0.29) is 17.7 Å². The molecule has 1 aromatic heterocycles. The van der Waals surface area contributed by atoms with Crippen LogP contribution < -0.4 is 10.6 Å². The number of hydrogen-bond donors (Lipinski definition) is 3. The summed E-state index contributed by atoms with van der Waals surface area (Å²) in [7, 11) is 0. The monoisotopic (exact) mass is 505 g/mol. The summed E-state index contributed by atoms with van der Waals surface area (Å²) < 4.78 is 44.7. The molecule has 0 radical (unpaired) electrons. The van der Waals surface area contributed by atoms with Crippen molar-refractivity contribution in [2.24, 2.45) is 0 Å². The topological polar surface area (TPSA) is 118 Å². The van der Waals surface area contributed by atoms with Gasteiger partial charge < -0.3 is 15.2 Å². The summed E-state index contributed by atoms with van der Waals surface area (Å²) in [5.41, 5.74) is 0.149. The quantitative estimate of drug-likeness (QED) is 0.449. The van der Waals surface area contributed by atoms with E-state index in [9.17, 15) is 27.6 Å². The molecule has 3 N–H and O–H groups in total. The van der Waals surface area contributed by atoms with E-state index < -0.39 is 35.4 Å². The van der Waals surface area contributed by atoms with Crippen LogP contribution in [0.2, 0.25) is 0 Å². The van der Waals surface area contributed by atoms with E-state index in [1.54, 1.807) is 0 Å². The highest BCUT2D eigenvalue weighted by Crippen LogP contribution is 2.44. The minimum Gasteiger partial charge on any atom is -0.479 e. The second kappa shape index (κ2) is 9.02. The number of benzene rings is 2. The van der Waals surface area contributed by atoms with Crippen molar-refractivity contribution in [3.63, 3.8) is 0 Å². The van der Waals surface area contributed by atoms with Crippen molar-refractivity contribution in [1.29, 1.82) is 0 Å². The zero-order chi connectivity index (χ0) is 25.4. The molecule has 1 aliphatic rings. The summed E-state index contributed by atoms with van der Waals surface area (Å²) in [6, 6.07) is 15.5. The van der Waals surface area contributed by atoms with Gasteiger partial charge in [0, 0.05) is 11.3 Å². The van der Waals surface area contributed by atoms with Gasteiger partial charge in [-0.1, -0.05) is 48.5 Å². The summed E-state index contributed by atoms with van der Waals surface area (Å²) >= 11 is 0.771. The molecule has 0 aliphatic heterocycles. The van der Waals surface area contributed by atoms with Gasteiger partial charge in [0.2, 0.25) is 5.54 Å². The predicted molar refractivity (Wildman–Crippen MR) is 120 cm³/mol. The number of carboxylic acids is 1. The number of rotatable bonds is 6. The molecule has 2 aromatic carbocycles. The minimum absolute atomic E-state index is 0.0289. The first kappa shape index (κ1) is 24.2. The maximum Gasteiger partial charge on any atom is 0.422 e. The molecule has 1 heterocycles. The Hall–Kier alpha value is -3.93. The molecule has 1 atom stereocenters. The van der Waals surface area contributed by atoms with Crippen molar-refractivity contribution in [1.82, 2.24) is 10.3 Å². The fraction of sp³-hybridized carbons (Fsp3) is 0.217. The molecule has 0 spiro atoms. The highest BCUT2D eigenvalue weighted by molar-refractivity contribution is 7.14. The van der Waals surface area contributed by atoms with Crippen LogP contribution in [-0.2, 0) is 9.53 Å². The number of thiazole rings is 1. The average molecular weight is 505 g/mol. The average Bonchev–Trinajstić information content (AvgIpc) is 3.39. The molecular formula is C23H18F3N3O5S. The van der Waals surface area contributed by atoms with Crippen LogP contribution in [0.15, 0.2) is 53.9 Å². The van der Waals surface area contributed by atoms with Crippen LogP contribution in [0.25, 0.3) is 11.1 Å². The largest absolute Gasteiger partial charge is 0.479 e. The van der Waals surface area contributed by atoms with E-state index in [2.05, 4.69) is 10.3 Å². The number of hydrogen-bond acceptors (Lipinski definition) is 6. The normalized spacial score (nSPS) is 14.4. The van der Waals surface area contributed by atoms with Crippen LogP contribution in [0.4, 0.5) is 23.1 Å². The lowest BCUT2D eigenvalue weighted by Crippen LogP contribution is -2.61. The van der Waals surface area contributed by atoms with Gasteiger partial charge in [-0.2, -0.15) is 13.2 Å². The standard InChI is InChI=1S/C23H18F3N3O5S/c1-22(19(31)32,23(24,25)26)29-18(30)17-11-35-20(27-17)28-21(33)34-10-16-14-8-4-2-6-12(14)13-7-3-5-9-15(13)16/h2-9,11,16H,10H2,1H3,(H,29,30)(H,31,32)(H,27,28,33). The number of nitrogens with zero attached hydrogens (tertiary/aromatic N) is 1. The number of halogens is 3. The molecule has 0 fully saturated rings. The van der Waals surface area contributed by atoms with Crippen molar-refractivity contribution in [3.8, 4) is 11.1 Å². The van der Waals surface area contributed by atoms with Gasteiger partial charge in [0.15, 0.2) is 5.13 Å². The number of anilines is 1. The van der Waals surface area contributed by atoms with Crippen LogP contribution in [0.3, 0.4) is 0 Å². The molecule has 3 aromatic rings. The summed E-state index contributed by atoms with van der Waals surface area (Å²) in [5.74, 6) is -3.81. The highest BCUT2D eigenvalue weighted by atomic mass is 32.1.